The molecule has 0 heterocycles. The average molecular weight is 414 g/mol. The molecule has 0 radical (unpaired) electrons. The van der Waals surface area contributed by atoms with Crippen LogP contribution in [-0.4, -0.2) is 17.4 Å². The summed E-state index contributed by atoms with van der Waals surface area (Å²) in [5.41, 5.74) is 12.4. The van der Waals surface area contributed by atoms with E-state index in [1.165, 1.54) is 0 Å². The molecule has 0 aliphatic rings. The van der Waals surface area contributed by atoms with Gasteiger partial charge < -0.3 is 26.2 Å². The lowest BCUT2D eigenvalue weighted by Gasteiger charge is -2.08. The molecular weight excluding hydrogens is 398 g/mol. The lowest BCUT2D eigenvalue weighted by atomic mass is 10.2. The molecule has 0 aliphatic heterocycles. The number of anilines is 2. The van der Waals surface area contributed by atoms with E-state index in [-0.39, 0.29) is 0 Å². The predicted octanol–water partition coefficient (Wildman–Crippen LogP) is 3.27. The Hall–Kier alpha value is -3.31. The minimum absolute atomic E-state index is 0.822. The maximum Gasteiger partial charge on any atom is 0.707 e. The Morgan fingerprint density at radius 1 is 0.586 bits per heavy atom. The molecule has 3 aromatic rings. The standard InChI is InChI=1S/C6H2BF5O3.2C6H7N/c8-1-2(9)4(11)6(15-7(13)14)5(12)3(1)10;2*7-6-4-2-1-3-5-6/h13-14H;2*1-5H,7H2. The number of benzene rings is 3. The van der Waals surface area contributed by atoms with E-state index in [1.54, 1.807) is 0 Å². The number of nitrogen functional groups attached to an aromatic ring is 2. The Morgan fingerprint density at radius 3 is 1.14 bits per heavy atom. The van der Waals surface area contributed by atoms with Crippen LogP contribution < -0.4 is 16.1 Å². The smallest absolute Gasteiger partial charge is 0.507 e. The van der Waals surface area contributed by atoms with Gasteiger partial charge in [-0.3, -0.25) is 0 Å². The molecule has 11 heteroatoms. The Morgan fingerprint density at radius 2 is 0.897 bits per heavy atom. The monoisotopic (exact) mass is 414 g/mol. The van der Waals surface area contributed by atoms with E-state index < -0.39 is 42.2 Å². The zero-order valence-electron chi connectivity index (χ0n) is 14.7. The van der Waals surface area contributed by atoms with Crippen molar-refractivity contribution in [2.45, 2.75) is 0 Å². The van der Waals surface area contributed by atoms with Crippen molar-refractivity contribution in [3.05, 3.63) is 89.7 Å². The molecule has 154 valence electrons. The van der Waals surface area contributed by atoms with Gasteiger partial charge in [0.05, 0.1) is 0 Å². The molecule has 0 saturated carbocycles. The number of nitrogens with two attached hydrogens (primary N) is 2. The molecule has 0 bridgehead atoms. The van der Waals surface area contributed by atoms with Crippen LogP contribution in [0, 0.1) is 29.1 Å². The highest BCUT2D eigenvalue weighted by Gasteiger charge is 2.29. The molecule has 3 rings (SSSR count). The highest BCUT2D eigenvalue weighted by Crippen LogP contribution is 2.29. The number of para-hydroxylation sites is 2. The van der Waals surface area contributed by atoms with Gasteiger partial charge >= 0.3 is 7.32 Å². The van der Waals surface area contributed by atoms with E-state index in [2.05, 4.69) is 4.65 Å². The van der Waals surface area contributed by atoms with E-state index in [0.29, 0.717) is 0 Å². The summed E-state index contributed by atoms with van der Waals surface area (Å²) in [6, 6.07) is 19.0. The highest BCUT2D eigenvalue weighted by atomic mass is 19.2. The van der Waals surface area contributed by atoms with Gasteiger partial charge in [-0.15, -0.1) is 0 Å². The fourth-order valence-electron chi connectivity index (χ4n) is 1.70. The zero-order valence-corrected chi connectivity index (χ0v) is 14.7. The summed E-state index contributed by atoms with van der Waals surface area (Å²) in [5, 5.41) is 16.3. The zero-order chi connectivity index (χ0) is 22.0. The molecule has 0 aromatic heterocycles. The van der Waals surface area contributed by atoms with Crippen LogP contribution in [0.4, 0.5) is 33.3 Å². The predicted molar refractivity (Wildman–Crippen MR) is 98.8 cm³/mol. The topological polar surface area (TPSA) is 102 Å². The molecule has 0 saturated heterocycles. The van der Waals surface area contributed by atoms with Crippen LogP contribution >= 0.6 is 0 Å². The number of hydrogen-bond donors (Lipinski definition) is 4. The molecule has 0 atom stereocenters. The van der Waals surface area contributed by atoms with E-state index in [1.807, 2.05) is 60.7 Å². The van der Waals surface area contributed by atoms with Crippen LogP contribution in [0.15, 0.2) is 60.7 Å². The second kappa shape index (κ2) is 11.5. The van der Waals surface area contributed by atoms with E-state index in [9.17, 15) is 22.0 Å². The minimum Gasteiger partial charge on any atom is -0.507 e. The van der Waals surface area contributed by atoms with E-state index in [0.717, 1.165) is 11.4 Å². The quantitative estimate of drug-likeness (QED) is 0.170. The number of halogens is 5. The molecule has 0 fully saturated rings. The summed E-state index contributed by atoms with van der Waals surface area (Å²) in [4.78, 5) is 0. The third-order valence-electron chi connectivity index (χ3n) is 2.99. The van der Waals surface area contributed by atoms with Gasteiger partial charge in [-0.2, -0.15) is 8.78 Å². The maximum atomic E-state index is 12.7. The van der Waals surface area contributed by atoms with E-state index >= 15 is 0 Å². The second-order valence-corrected chi connectivity index (χ2v) is 5.16. The Balaban J connectivity index is 0.000000248. The third kappa shape index (κ3) is 7.68. The van der Waals surface area contributed by atoms with Crippen LogP contribution in [0.3, 0.4) is 0 Å². The van der Waals surface area contributed by atoms with Crippen molar-refractivity contribution in [3.63, 3.8) is 0 Å². The lowest BCUT2D eigenvalue weighted by molar-refractivity contribution is 0.263. The number of hydrogen-bond acceptors (Lipinski definition) is 5. The van der Waals surface area contributed by atoms with Crippen LogP contribution in [0.1, 0.15) is 0 Å². The van der Waals surface area contributed by atoms with Crippen molar-refractivity contribution in [1.29, 1.82) is 0 Å². The number of rotatable bonds is 2. The minimum atomic E-state index is -2.70. The van der Waals surface area contributed by atoms with Crippen molar-refractivity contribution in [3.8, 4) is 5.75 Å². The fraction of sp³-hybridized carbons (Fsp3) is 0. The first-order valence-corrected chi connectivity index (χ1v) is 7.80. The first-order valence-electron chi connectivity index (χ1n) is 7.80. The average Bonchev–Trinajstić information content (AvgIpc) is 2.70. The van der Waals surface area contributed by atoms with Crippen molar-refractivity contribution < 1.29 is 36.7 Å². The molecule has 5 nitrogen and oxygen atoms in total. The van der Waals surface area contributed by atoms with Gasteiger partial charge in [0.1, 0.15) is 0 Å². The van der Waals surface area contributed by atoms with Gasteiger partial charge in [0, 0.05) is 11.4 Å². The summed E-state index contributed by atoms with van der Waals surface area (Å²) in [6.45, 7) is 0. The first kappa shape index (κ1) is 23.7. The first-order chi connectivity index (χ1) is 13.6. The maximum absolute atomic E-state index is 12.7. The normalized spacial score (nSPS) is 9.48. The van der Waals surface area contributed by atoms with Gasteiger partial charge in [0.25, 0.3) is 0 Å². The highest BCUT2D eigenvalue weighted by molar-refractivity contribution is 6.33. The van der Waals surface area contributed by atoms with Gasteiger partial charge in [0.15, 0.2) is 5.75 Å². The summed E-state index contributed by atoms with van der Waals surface area (Å²) >= 11 is 0. The molecule has 6 N–H and O–H groups in total. The van der Waals surface area contributed by atoms with Gasteiger partial charge in [-0.25, -0.2) is 13.2 Å². The fourth-order valence-corrected chi connectivity index (χ4v) is 1.70. The molecule has 0 spiro atoms. The van der Waals surface area contributed by atoms with Gasteiger partial charge in [0.2, 0.25) is 29.1 Å². The largest absolute Gasteiger partial charge is 0.707 e. The molecule has 0 aliphatic carbocycles. The molecule has 29 heavy (non-hydrogen) atoms. The summed E-state index contributed by atoms with van der Waals surface area (Å²) in [5.74, 6) is -13.1. The van der Waals surface area contributed by atoms with Crippen LogP contribution in [0.5, 0.6) is 5.75 Å². The van der Waals surface area contributed by atoms with Crippen molar-refractivity contribution in [2.24, 2.45) is 0 Å². The molecular formula is C18H16BF5N2O3. The molecule has 3 aromatic carbocycles. The van der Waals surface area contributed by atoms with Gasteiger partial charge in [-0.05, 0) is 24.3 Å². The van der Waals surface area contributed by atoms with Crippen molar-refractivity contribution in [2.75, 3.05) is 11.5 Å². The SMILES string of the molecule is Nc1ccccc1.Nc1ccccc1.OB(O)Oc1c(F)c(F)c(F)c(F)c1F. The Bertz CT molecular complexity index is 836. The van der Waals surface area contributed by atoms with Crippen LogP contribution in [-0.2, 0) is 0 Å². The van der Waals surface area contributed by atoms with Crippen LogP contribution in [0.25, 0.3) is 0 Å². The van der Waals surface area contributed by atoms with Gasteiger partial charge in [-0.1, -0.05) is 36.4 Å². The molecule has 0 amide bonds. The Kier molecular flexibility index (Phi) is 9.43. The summed E-state index contributed by atoms with van der Waals surface area (Å²) in [7, 11) is -2.70. The second-order valence-electron chi connectivity index (χ2n) is 5.16. The Labute approximate surface area is 163 Å². The lowest BCUT2D eigenvalue weighted by Crippen LogP contribution is -2.23. The molecule has 0 unspecified atom stereocenters. The third-order valence-corrected chi connectivity index (χ3v) is 2.99. The van der Waals surface area contributed by atoms with Crippen molar-refractivity contribution in [1.82, 2.24) is 0 Å². The van der Waals surface area contributed by atoms with E-state index in [4.69, 9.17) is 21.5 Å². The summed E-state index contributed by atoms with van der Waals surface area (Å²) in [6.07, 6.45) is 0. The summed E-state index contributed by atoms with van der Waals surface area (Å²) < 4.78 is 66.3. The van der Waals surface area contributed by atoms with Crippen LogP contribution in [0.2, 0.25) is 0 Å². The van der Waals surface area contributed by atoms with Crippen molar-refractivity contribution >= 4 is 18.7 Å².